The number of pyridine rings is 1. The first-order chi connectivity index (χ1) is 10.1. The van der Waals surface area contributed by atoms with E-state index in [1.807, 2.05) is 0 Å². The van der Waals surface area contributed by atoms with Gasteiger partial charge in [0.25, 0.3) is 0 Å². The van der Waals surface area contributed by atoms with Gasteiger partial charge in [0.05, 0.1) is 15.5 Å². The molecule has 0 radical (unpaired) electrons. The third-order valence-corrected chi connectivity index (χ3v) is 5.18. The van der Waals surface area contributed by atoms with E-state index in [4.69, 9.17) is 16.7 Å². The highest BCUT2D eigenvalue weighted by Crippen LogP contribution is 2.36. The number of thiophene rings is 1. The lowest BCUT2D eigenvalue weighted by molar-refractivity contribution is 0.0696. The van der Waals surface area contributed by atoms with Gasteiger partial charge in [-0.15, -0.1) is 21.5 Å². The molecule has 0 amide bonds. The summed E-state index contributed by atoms with van der Waals surface area (Å²) >= 11 is 7.80. The van der Waals surface area contributed by atoms with Gasteiger partial charge in [-0.1, -0.05) is 11.6 Å². The van der Waals surface area contributed by atoms with E-state index in [1.54, 1.807) is 15.7 Å². The Hall–Kier alpha value is -1.92. The van der Waals surface area contributed by atoms with Gasteiger partial charge >= 0.3 is 5.97 Å². The second kappa shape index (κ2) is 4.54. The largest absolute Gasteiger partial charge is 0.478 e. The molecule has 0 aliphatic heterocycles. The van der Waals surface area contributed by atoms with Gasteiger partial charge < -0.3 is 5.11 Å². The molecule has 0 unspecified atom stereocenters. The van der Waals surface area contributed by atoms with Crippen LogP contribution >= 0.6 is 22.9 Å². The van der Waals surface area contributed by atoms with Crippen molar-refractivity contribution in [1.82, 2.24) is 14.6 Å². The molecule has 21 heavy (non-hydrogen) atoms. The molecule has 3 heterocycles. The number of carboxylic acid groups (broad SMARTS) is 1. The number of carbonyl (C=O) groups is 1. The molecule has 3 aromatic rings. The first kappa shape index (κ1) is 12.8. The predicted molar refractivity (Wildman–Crippen MR) is 80.3 cm³/mol. The molecule has 0 bridgehead atoms. The second-order valence-corrected chi connectivity index (χ2v) is 6.56. The van der Waals surface area contributed by atoms with Crippen LogP contribution < -0.4 is 0 Å². The molecule has 0 aromatic carbocycles. The maximum atomic E-state index is 11.2. The van der Waals surface area contributed by atoms with Crippen LogP contribution in [-0.4, -0.2) is 25.7 Å². The molecule has 7 heteroatoms. The van der Waals surface area contributed by atoms with Crippen LogP contribution in [0, 0.1) is 0 Å². The van der Waals surface area contributed by atoms with Gasteiger partial charge in [0.15, 0.2) is 11.5 Å². The number of fused-ring (bicyclic) bond motifs is 2. The molecular weight excluding hydrogens is 310 g/mol. The number of nitrogens with zero attached hydrogens (tertiary/aromatic N) is 3. The Morgan fingerprint density at radius 2 is 2.19 bits per heavy atom. The molecule has 0 fully saturated rings. The molecule has 0 atom stereocenters. The maximum absolute atomic E-state index is 11.2. The minimum Gasteiger partial charge on any atom is -0.478 e. The summed E-state index contributed by atoms with van der Waals surface area (Å²) in [5.74, 6) is -0.374. The number of hydrogen-bond donors (Lipinski definition) is 1. The van der Waals surface area contributed by atoms with Crippen molar-refractivity contribution in [3.8, 4) is 10.7 Å². The molecule has 3 aromatic heterocycles. The Balaban J connectivity index is 1.94. The zero-order valence-corrected chi connectivity index (χ0v) is 12.4. The summed E-state index contributed by atoms with van der Waals surface area (Å²) in [5.41, 5.74) is 1.97. The van der Waals surface area contributed by atoms with Crippen molar-refractivity contribution in [1.29, 1.82) is 0 Å². The van der Waals surface area contributed by atoms with Crippen molar-refractivity contribution < 1.29 is 9.90 Å². The van der Waals surface area contributed by atoms with Crippen molar-refractivity contribution >= 4 is 34.6 Å². The first-order valence-electron chi connectivity index (χ1n) is 6.53. The standard InChI is InChI=1S/C14H10ClN3O2S/c15-9-4-8(14(19)20)6-18-12(9)16-17-13(18)11-5-7-2-1-3-10(7)21-11/h4-6H,1-3H2,(H,19,20). The molecule has 0 saturated heterocycles. The van der Waals surface area contributed by atoms with E-state index < -0.39 is 5.97 Å². The number of carboxylic acids is 1. The molecule has 106 valence electrons. The number of rotatable bonds is 2. The quantitative estimate of drug-likeness (QED) is 0.787. The summed E-state index contributed by atoms with van der Waals surface area (Å²) < 4.78 is 1.66. The van der Waals surface area contributed by atoms with E-state index in [0.29, 0.717) is 11.5 Å². The lowest BCUT2D eigenvalue weighted by atomic mass is 10.2. The summed E-state index contributed by atoms with van der Waals surface area (Å²) in [5, 5.41) is 17.7. The second-order valence-electron chi connectivity index (χ2n) is 5.01. The average Bonchev–Trinajstić information content (AvgIpc) is 3.10. The number of aromatic carboxylic acids is 1. The summed E-state index contributed by atoms with van der Waals surface area (Å²) in [7, 11) is 0. The summed E-state index contributed by atoms with van der Waals surface area (Å²) in [4.78, 5) is 13.6. The van der Waals surface area contributed by atoms with Gasteiger partial charge in [-0.2, -0.15) is 0 Å². The van der Waals surface area contributed by atoms with Gasteiger partial charge in [0.2, 0.25) is 0 Å². The lowest BCUT2D eigenvalue weighted by Gasteiger charge is -2.01. The molecule has 0 saturated carbocycles. The highest BCUT2D eigenvalue weighted by Gasteiger charge is 2.20. The highest BCUT2D eigenvalue weighted by molar-refractivity contribution is 7.15. The molecule has 1 aliphatic rings. The van der Waals surface area contributed by atoms with Crippen LogP contribution in [0.4, 0.5) is 0 Å². The number of aromatic nitrogens is 3. The van der Waals surface area contributed by atoms with Gasteiger partial charge in [0, 0.05) is 11.1 Å². The fraction of sp³-hybridized carbons (Fsp3) is 0.214. The summed E-state index contributed by atoms with van der Waals surface area (Å²) in [6.45, 7) is 0. The van der Waals surface area contributed by atoms with E-state index in [0.717, 1.165) is 17.7 Å². The molecule has 1 N–H and O–H groups in total. The Morgan fingerprint density at radius 1 is 1.33 bits per heavy atom. The van der Waals surface area contributed by atoms with Gasteiger partial charge in [-0.3, -0.25) is 4.40 Å². The zero-order chi connectivity index (χ0) is 14.6. The van der Waals surface area contributed by atoms with Gasteiger partial charge in [-0.05, 0) is 37.0 Å². The van der Waals surface area contributed by atoms with Crippen LogP contribution in [0.15, 0.2) is 18.3 Å². The van der Waals surface area contributed by atoms with Crippen molar-refractivity contribution in [3.05, 3.63) is 39.4 Å². The van der Waals surface area contributed by atoms with E-state index in [2.05, 4.69) is 16.3 Å². The van der Waals surface area contributed by atoms with Crippen LogP contribution in [0.25, 0.3) is 16.3 Å². The minimum atomic E-state index is -1.02. The van der Waals surface area contributed by atoms with E-state index in [1.165, 1.54) is 29.1 Å². The van der Waals surface area contributed by atoms with Crippen LogP contribution in [0.5, 0.6) is 0 Å². The third kappa shape index (κ3) is 1.94. The lowest BCUT2D eigenvalue weighted by Crippen LogP contribution is -2.00. The smallest absolute Gasteiger partial charge is 0.337 e. The Labute approximate surface area is 128 Å². The van der Waals surface area contributed by atoms with Gasteiger partial charge in [0.1, 0.15) is 0 Å². The SMILES string of the molecule is O=C(O)c1cc(Cl)c2nnc(-c3cc4c(s3)CCC4)n2c1. The Kier molecular flexibility index (Phi) is 2.77. The van der Waals surface area contributed by atoms with Crippen LogP contribution in [0.3, 0.4) is 0 Å². The molecule has 5 nitrogen and oxygen atoms in total. The highest BCUT2D eigenvalue weighted by atomic mass is 35.5. The van der Waals surface area contributed by atoms with Crippen molar-refractivity contribution in [2.45, 2.75) is 19.3 Å². The number of hydrogen-bond acceptors (Lipinski definition) is 4. The zero-order valence-electron chi connectivity index (χ0n) is 10.8. The van der Waals surface area contributed by atoms with E-state index in [-0.39, 0.29) is 10.6 Å². The minimum absolute atomic E-state index is 0.123. The van der Waals surface area contributed by atoms with E-state index >= 15 is 0 Å². The molecular formula is C14H10ClN3O2S. The predicted octanol–water partition coefficient (Wildman–Crippen LogP) is 3.30. The number of halogens is 1. The molecule has 0 spiro atoms. The number of aryl methyl sites for hydroxylation is 2. The van der Waals surface area contributed by atoms with Gasteiger partial charge in [-0.25, -0.2) is 4.79 Å². The molecule has 4 rings (SSSR count). The Bertz CT molecular complexity index is 862. The average molecular weight is 320 g/mol. The Morgan fingerprint density at radius 3 is 2.95 bits per heavy atom. The normalized spacial score (nSPS) is 13.8. The fourth-order valence-electron chi connectivity index (χ4n) is 2.68. The summed E-state index contributed by atoms with van der Waals surface area (Å²) in [6.07, 6.45) is 4.93. The van der Waals surface area contributed by atoms with Crippen LogP contribution in [0.1, 0.15) is 27.2 Å². The van der Waals surface area contributed by atoms with E-state index in [9.17, 15) is 4.79 Å². The fourth-order valence-corrected chi connectivity index (χ4v) is 4.16. The van der Waals surface area contributed by atoms with Crippen molar-refractivity contribution in [2.24, 2.45) is 0 Å². The first-order valence-corrected chi connectivity index (χ1v) is 7.72. The third-order valence-electron chi connectivity index (χ3n) is 3.67. The topological polar surface area (TPSA) is 67.5 Å². The van der Waals surface area contributed by atoms with Crippen LogP contribution in [0.2, 0.25) is 5.02 Å². The molecule has 1 aliphatic carbocycles. The summed E-state index contributed by atoms with van der Waals surface area (Å²) in [6, 6.07) is 3.52. The van der Waals surface area contributed by atoms with Crippen molar-refractivity contribution in [2.75, 3.05) is 0 Å². The van der Waals surface area contributed by atoms with Crippen LogP contribution in [-0.2, 0) is 12.8 Å². The van der Waals surface area contributed by atoms with Crippen molar-refractivity contribution in [3.63, 3.8) is 0 Å². The maximum Gasteiger partial charge on any atom is 0.337 e. The monoisotopic (exact) mass is 319 g/mol.